The highest BCUT2D eigenvalue weighted by Crippen LogP contribution is 2.30. The molecule has 0 spiro atoms. The van der Waals surface area contributed by atoms with Crippen molar-refractivity contribution in [3.8, 4) is 0 Å². The van der Waals surface area contributed by atoms with Crippen LogP contribution in [0.1, 0.15) is 66.6 Å². The van der Waals surface area contributed by atoms with Crippen LogP contribution < -0.4 is 21.7 Å². The first-order chi connectivity index (χ1) is 15.2. The third kappa shape index (κ3) is 6.03. The molecule has 0 aliphatic carbocycles. The monoisotopic (exact) mass is 463 g/mol. The number of halogens is 1. The fraction of sp³-hybridized carbons (Fsp3) is 0.455. The van der Waals surface area contributed by atoms with Crippen molar-refractivity contribution in [1.82, 2.24) is 9.69 Å². The van der Waals surface area contributed by atoms with Gasteiger partial charge in [0.1, 0.15) is 16.7 Å². The summed E-state index contributed by atoms with van der Waals surface area (Å²) in [6.45, 7) is 6.48. The Morgan fingerprint density at radius 1 is 1.22 bits per heavy atom. The molecule has 0 saturated heterocycles. The lowest BCUT2D eigenvalue weighted by Gasteiger charge is -2.31. The fourth-order valence-corrected chi connectivity index (χ4v) is 3.92. The van der Waals surface area contributed by atoms with Crippen molar-refractivity contribution >= 4 is 40.6 Å². The number of aromatic nitrogens is 1. The molecule has 0 aliphatic heterocycles. The minimum Gasteiger partial charge on any atom is -0.395 e. The number of nitrogens with one attached hydrogen (secondary N) is 1. The number of primary amides is 1. The van der Waals surface area contributed by atoms with Crippen molar-refractivity contribution < 1.29 is 18.8 Å². The van der Waals surface area contributed by atoms with Gasteiger partial charge in [-0.1, -0.05) is 45.7 Å². The van der Waals surface area contributed by atoms with Gasteiger partial charge in [-0.3, -0.25) is 19.3 Å². The van der Waals surface area contributed by atoms with E-state index in [4.69, 9.17) is 11.5 Å². The Hall–Kier alpha value is -3.01. The number of hydrogen-bond donors (Lipinski definition) is 3. The van der Waals surface area contributed by atoms with E-state index in [1.807, 2.05) is 20.8 Å². The number of benzene rings is 1. The first-order valence-electron chi connectivity index (χ1n) is 10.6. The van der Waals surface area contributed by atoms with E-state index >= 15 is 0 Å². The average molecular weight is 464 g/mol. The highest BCUT2D eigenvalue weighted by Gasteiger charge is 2.35. The minimum absolute atomic E-state index is 0.0500. The molecule has 32 heavy (non-hydrogen) atoms. The summed E-state index contributed by atoms with van der Waals surface area (Å²) in [4.78, 5) is 39.3. The van der Waals surface area contributed by atoms with Crippen molar-refractivity contribution in [1.29, 1.82) is 0 Å². The Kier molecular flexibility index (Phi) is 9.13. The minimum atomic E-state index is -0.968. The lowest BCUT2D eigenvalue weighted by Crippen LogP contribution is -2.50. The Bertz CT molecular complexity index is 963. The highest BCUT2D eigenvalue weighted by atomic mass is 32.1. The van der Waals surface area contributed by atoms with Gasteiger partial charge in [0.25, 0.3) is 11.8 Å². The van der Waals surface area contributed by atoms with E-state index in [1.54, 1.807) is 6.07 Å². The summed E-state index contributed by atoms with van der Waals surface area (Å²) in [5.74, 6) is -2.23. The molecule has 5 N–H and O–H groups in total. The largest absolute Gasteiger partial charge is 0.395 e. The molecule has 2 aromatic rings. The van der Waals surface area contributed by atoms with E-state index in [2.05, 4.69) is 9.69 Å². The maximum absolute atomic E-state index is 14.8. The zero-order valence-electron chi connectivity index (χ0n) is 18.6. The van der Waals surface area contributed by atoms with Gasteiger partial charge in [-0.2, -0.15) is 4.37 Å². The van der Waals surface area contributed by atoms with Crippen LogP contribution in [0.15, 0.2) is 24.3 Å². The zero-order valence-corrected chi connectivity index (χ0v) is 19.4. The number of hydrogen-bond acceptors (Lipinski definition) is 6. The standard InChI is InChI=1S/C22H30FN5O3S/c1-4-5-9-16(21(30)26-12-11-13(2)3)28(15-10-7-6-8-14(15)23)22(31)19-17(24)18(20(25)29)27-32-19/h6-8,10,13,16H,4-5,9,11-12,24H2,1-3H3,(H2,25,29)(H,26,30). The third-order valence-electron chi connectivity index (χ3n) is 4.95. The molecule has 0 bridgehead atoms. The number of amides is 3. The molecular weight excluding hydrogens is 433 g/mol. The summed E-state index contributed by atoms with van der Waals surface area (Å²) in [5, 5.41) is 2.86. The number of carbonyl (C=O) groups excluding carboxylic acids is 3. The fourth-order valence-electron chi connectivity index (χ4n) is 3.18. The highest BCUT2D eigenvalue weighted by molar-refractivity contribution is 7.09. The molecule has 0 fully saturated rings. The molecule has 1 aromatic carbocycles. The van der Waals surface area contributed by atoms with E-state index in [9.17, 15) is 18.8 Å². The first-order valence-corrected chi connectivity index (χ1v) is 11.4. The molecular formula is C22H30FN5O3S. The Morgan fingerprint density at radius 2 is 1.91 bits per heavy atom. The molecule has 1 unspecified atom stereocenters. The Balaban J connectivity index is 2.52. The van der Waals surface area contributed by atoms with Crippen molar-refractivity contribution in [3.05, 3.63) is 40.7 Å². The van der Waals surface area contributed by atoms with E-state index in [0.29, 0.717) is 36.8 Å². The lowest BCUT2D eigenvalue weighted by molar-refractivity contribution is -0.122. The number of carbonyl (C=O) groups is 3. The van der Waals surface area contributed by atoms with Gasteiger partial charge in [-0.25, -0.2) is 4.39 Å². The predicted octanol–water partition coefficient (Wildman–Crippen LogP) is 3.33. The second-order valence-corrected chi connectivity index (χ2v) is 8.67. The maximum Gasteiger partial charge on any atom is 0.272 e. The molecule has 0 aliphatic rings. The Labute approximate surface area is 191 Å². The molecule has 1 aromatic heterocycles. The summed E-state index contributed by atoms with van der Waals surface area (Å²) in [6.07, 6.45) is 2.52. The summed E-state index contributed by atoms with van der Waals surface area (Å²) < 4.78 is 18.7. The van der Waals surface area contributed by atoms with Gasteiger partial charge in [-0.05, 0) is 42.4 Å². The second kappa shape index (κ2) is 11.6. The molecule has 174 valence electrons. The van der Waals surface area contributed by atoms with Crippen LogP contribution in [-0.2, 0) is 4.79 Å². The van der Waals surface area contributed by atoms with Crippen LogP contribution in [0.25, 0.3) is 0 Å². The van der Waals surface area contributed by atoms with Crippen LogP contribution in [0.2, 0.25) is 0 Å². The van der Waals surface area contributed by atoms with E-state index in [1.165, 1.54) is 18.2 Å². The van der Waals surface area contributed by atoms with E-state index in [-0.39, 0.29) is 27.9 Å². The van der Waals surface area contributed by atoms with Gasteiger partial charge in [0.05, 0.1) is 11.4 Å². The van der Waals surface area contributed by atoms with Crippen LogP contribution in [0.5, 0.6) is 0 Å². The number of nitrogens with two attached hydrogens (primary N) is 2. The second-order valence-electron chi connectivity index (χ2n) is 7.90. The van der Waals surface area contributed by atoms with Crippen molar-refractivity contribution in [2.24, 2.45) is 11.7 Å². The van der Waals surface area contributed by atoms with Crippen LogP contribution in [-0.4, -0.2) is 34.7 Å². The van der Waals surface area contributed by atoms with Crippen LogP contribution in [0.4, 0.5) is 15.8 Å². The smallest absolute Gasteiger partial charge is 0.272 e. The summed E-state index contributed by atoms with van der Waals surface area (Å²) >= 11 is 0.695. The van der Waals surface area contributed by atoms with Gasteiger partial charge >= 0.3 is 0 Å². The number of nitrogens with zero attached hydrogens (tertiary/aromatic N) is 2. The maximum atomic E-state index is 14.8. The number of para-hydroxylation sites is 1. The molecule has 0 saturated carbocycles. The quantitative estimate of drug-likeness (QED) is 0.470. The normalized spacial score (nSPS) is 11.9. The van der Waals surface area contributed by atoms with Crippen LogP contribution in [0.3, 0.4) is 0 Å². The number of unbranched alkanes of at least 4 members (excludes halogenated alkanes) is 1. The molecule has 3 amide bonds. The summed E-state index contributed by atoms with van der Waals surface area (Å²) in [6, 6.07) is 4.76. The first kappa shape index (κ1) is 25.3. The van der Waals surface area contributed by atoms with Gasteiger partial charge in [0.2, 0.25) is 5.91 Å². The van der Waals surface area contributed by atoms with Gasteiger partial charge in [0, 0.05) is 6.54 Å². The number of rotatable bonds is 11. The lowest BCUT2D eigenvalue weighted by atomic mass is 10.0. The van der Waals surface area contributed by atoms with Gasteiger partial charge < -0.3 is 16.8 Å². The zero-order chi connectivity index (χ0) is 23.8. The topological polar surface area (TPSA) is 131 Å². The van der Waals surface area contributed by atoms with Gasteiger partial charge in [0.15, 0.2) is 5.69 Å². The van der Waals surface area contributed by atoms with Crippen LogP contribution >= 0.6 is 11.5 Å². The third-order valence-corrected chi connectivity index (χ3v) is 5.80. The van der Waals surface area contributed by atoms with Crippen LogP contribution in [0, 0.1) is 11.7 Å². The predicted molar refractivity (Wildman–Crippen MR) is 124 cm³/mol. The summed E-state index contributed by atoms with van der Waals surface area (Å²) in [5.41, 5.74) is 10.8. The van der Waals surface area contributed by atoms with Gasteiger partial charge in [-0.15, -0.1) is 0 Å². The van der Waals surface area contributed by atoms with Crippen molar-refractivity contribution in [3.63, 3.8) is 0 Å². The molecule has 1 heterocycles. The van der Waals surface area contributed by atoms with Crippen molar-refractivity contribution in [2.45, 2.75) is 52.5 Å². The molecule has 10 heteroatoms. The summed E-state index contributed by atoms with van der Waals surface area (Å²) in [7, 11) is 0. The number of anilines is 2. The molecule has 0 radical (unpaired) electrons. The number of nitrogen functional groups attached to an aromatic ring is 1. The Morgan fingerprint density at radius 3 is 2.47 bits per heavy atom. The SMILES string of the molecule is CCCCC(C(=O)NCCC(C)C)N(C(=O)c1snc(C(N)=O)c1N)c1ccccc1F. The molecule has 8 nitrogen and oxygen atoms in total. The van der Waals surface area contributed by atoms with E-state index in [0.717, 1.165) is 17.7 Å². The van der Waals surface area contributed by atoms with Crippen molar-refractivity contribution in [2.75, 3.05) is 17.2 Å². The molecule has 1 atom stereocenters. The molecule has 2 rings (SSSR count). The van der Waals surface area contributed by atoms with E-state index < -0.39 is 23.7 Å². The average Bonchev–Trinajstić information content (AvgIpc) is 3.12.